The maximum absolute atomic E-state index is 14.5. The number of nitrogens with zero attached hydrogens (tertiary/aromatic N) is 8. The van der Waals surface area contributed by atoms with Crippen LogP contribution in [0.1, 0.15) is 56.6 Å². The normalized spacial score (nSPS) is 15.5. The summed E-state index contributed by atoms with van der Waals surface area (Å²) in [5, 5.41) is 17.6. The first-order chi connectivity index (χ1) is 26.3. The first-order valence-corrected chi connectivity index (χ1v) is 18.2. The van der Waals surface area contributed by atoms with Crippen LogP contribution in [0, 0.1) is 6.92 Å². The van der Waals surface area contributed by atoms with Gasteiger partial charge in [-0.2, -0.15) is 22.7 Å². The zero-order valence-electron chi connectivity index (χ0n) is 29.8. The number of alkyl halides is 3. The number of nitrogens with one attached hydrogen (secondary N) is 1. The summed E-state index contributed by atoms with van der Waals surface area (Å²) in [5.74, 6) is -1.01. The minimum absolute atomic E-state index is 0.0972. The summed E-state index contributed by atoms with van der Waals surface area (Å²) in [4.78, 5) is 57.8. The minimum atomic E-state index is -4.59. The number of halogens is 4. The predicted octanol–water partition coefficient (Wildman–Crippen LogP) is 4.37. The Morgan fingerprint density at radius 1 is 1.05 bits per heavy atom. The van der Waals surface area contributed by atoms with Gasteiger partial charge in [-0.15, -0.1) is 5.10 Å². The molecule has 0 bridgehead atoms. The Kier molecular flexibility index (Phi) is 9.23. The molecule has 0 saturated carbocycles. The third kappa shape index (κ3) is 6.34. The fourth-order valence-corrected chi connectivity index (χ4v) is 7.91. The van der Waals surface area contributed by atoms with Crippen LogP contribution >= 0.6 is 11.6 Å². The van der Waals surface area contributed by atoms with Gasteiger partial charge in [0.15, 0.2) is 17.3 Å². The first-order valence-electron chi connectivity index (χ1n) is 17.8. The molecule has 3 aromatic heterocycles. The van der Waals surface area contributed by atoms with Crippen molar-refractivity contribution in [3.05, 3.63) is 90.9 Å². The van der Waals surface area contributed by atoms with E-state index in [2.05, 4.69) is 20.4 Å². The monoisotopic (exact) mass is 777 g/mol. The summed E-state index contributed by atoms with van der Waals surface area (Å²) in [6, 6.07) is 6.59. The Labute approximate surface area is 316 Å². The van der Waals surface area contributed by atoms with Crippen molar-refractivity contribution >= 4 is 40.6 Å². The van der Waals surface area contributed by atoms with E-state index in [9.17, 15) is 32.7 Å². The van der Waals surface area contributed by atoms with Crippen LogP contribution in [0.15, 0.2) is 35.4 Å². The summed E-state index contributed by atoms with van der Waals surface area (Å²) >= 11 is 6.36. The van der Waals surface area contributed by atoms with E-state index in [0.29, 0.717) is 42.9 Å². The molecule has 14 nitrogen and oxygen atoms in total. The third-order valence-electron chi connectivity index (χ3n) is 10.5. The topological polar surface area (TPSA) is 160 Å². The molecule has 2 aromatic carbocycles. The summed E-state index contributed by atoms with van der Waals surface area (Å²) in [5.41, 5.74) is 2.84. The summed E-state index contributed by atoms with van der Waals surface area (Å²) in [7, 11) is 0. The number of amides is 2. The van der Waals surface area contributed by atoms with Gasteiger partial charge < -0.3 is 29.5 Å². The quantitative estimate of drug-likeness (QED) is 0.243. The SMILES string of the molecule is CCc1c(N2CCN(C(=O)c3ncnc(C)c3O)CC2)c(=O)n2nc(-c3cccc4c3COCC4)nc2n1CC(=O)Nc1c(Cl)cc(C(F)(F)F)c2c1CC2. The predicted molar refractivity (Wildman–Crippen MR) is 194 cm³/mol. The number of hydrogen-bond acceptors (Lipinski definition) is 10. The highest BCUT2D eigenvalue weighted by molar-refractivity contribution is 6.34. The van der Waals surface area contributed by atoms with Crippen molar-refractivity contribution in [2.24, 2.45) is 0 Å². The van der Waals surface area contributed by atoms with Gasteiger partial charge in [-0.1, -0.05) is 36.7 Å². The van der Waals surface area contributed by atoms with E-state index in [0.717, 1.165) is 21.7 Å². The van der Waals surface area contributed by atoms with Crippen LogP contribution in [0.25, 0.3) is 17.2 Å². The van der Waals surface area contributed by atoms with Gasteiger partial charge in [-0.05, 0) is 60.9 Å². The fraction of sp³-hybridized carbons (Fsp3) is 0.378. The Balaban J connectivity index is 1.18. The number of piperazine rings is 1. The zero-order valence-corrected chi connectivity index (χ0v) is 30.6. The molecule has 286 valence electrons. The van der Waals surface area contributed by atoms with Crippen LogP contribution in [0.2, 0.25) is 5.02 Å². The standard InChI is InChI=1S/C37H35ClF3N9O5/c1-3-27-31(47-10-12-48(13-11-47)34(53)30-32(52)19(2)42-18-43-30)35(54)50-36(45-33(46-50)23-6-4-5-20-9-14-55-17-24(20)23)49(27)16-28(51)44-29-22-8-7-21(22)25(15-26(29)38)37(39,40)41/h4-6,15,18,52H,3,7-14,16-17H2,1-2H3,(H,44,51). The highest BCUT2D eigenvalue weighted by atomic mass is 35.5. The van der Waals surface area contributed by atoms with Crippen molar-refractivity contribution in [2.75, 3.05) is 43.0 Å². The van der Waals surface area contributed by atoms with Crippen molar-refractivity contribution in [3.63, 3.8) is 0 Å². The van der Waals surface area contributed by atoms with Crippen molar-refractivity contribution in [1.82, 2.24) is 34.0 Å². The first kappa shape index (κ1) is 36.4. The van der Waals surface area contributed by atoms with E-state index in [1.54, 1.807) is 11.5 Å². The number of ether oxygens (including phenoxy) is 1. The Morgan fingerprint density at radius 3 is 2.53 bits per heavy atom. The largest absolute Gasteiger partial charge is 0.504 e. The summed E-state index contributed by atoms with van der Waals surface area (Å²) in [6.07, 6.45) is -1.85. The van der Waals surface area contributed by atoms with Crippen molar-refractivity contribution in [2.45, 2.75) is 58.9 Å². The van der Waals surface area contributed by atoms with Crippen LogP contribution in [-0.4, -0.2) is 83.7 Å². The average molecular weight is 778 g/mol. The second-order valence-electron chi connectivity index (χ2n) is 13.7. The molecule has 3 aliphatic rings. The second kappa shape index (κ2) is 13.9. The smallest absolute Gasteiger partial charge is 0.416 e. The summed E-state index contributed by atoms with van der Waals surface area (Å²) < 4.78 is 49.7. The molecule has 18 heteroatoms. The molecule has 55 heavy (non-hydrogen) atoms. The number of aryl methyl sites for hydroxylation is 1. The number of anilines is 2. The molecule has 0 atom stereocenters. The average Bonchev–Trinajstić information content (AvgIpc) is 3.60. The lowest BCUT2D eigenvalue weighted by Crippen LogP contribution is -2.51. The van der Waals surface area contributed by atoms with Gasteiger partial charge in [0.05, 0.1) is 40.9 Å². The van der Waals surface area contributed by atoms with E-state index in [1.807, 2.05) is 30.0 Å². The van der Waals surface area contributed by atoms with E-state index < -0.39 is 29.1 Å². The number of benzene rings is 2. The molecule has 0 spiro atoms. The number of aromatic hydroxyl groups is 1. The molecule has 1 saturated heterocycles. The number of carbonyl (C=O) groups excluding carboxylic acids is 2. The highest BCUT2D eigenvalue weighted by Gasteiger charge is 2.39. The molecule has 8 rings (SSSR count). The molecular weight excluding hydrogens is 743 g/mol. The Bertz CT molecular complexity index is 2460. The maximum atomic E-state index is 14.5. The molecule has 5 aromatic rings. The molecule has 2 N–H and O–H groups in total. The van der Waals surface area contributed by atoms with Crippen molar-refractivity contribution in [3.8, 4) is 17.1 Å². The lowest BCUT2D eigenvalue weighted by Gasteiger charge is -2.36. The van der Waals surface area contributed by atoms with E-state index in [4.69, 9.17) is 21.3 Å². The molecule has 1 aliphatic carbocycles. The zero-order chi connectivity index (χ0) is 38.8. The molecular formula is C37H35ClF3N9O5. The summed E-state index contributed by atoms with van der Waals surface area (Å²) in [6.45, 7) is 4.79. The van der Waals surface area contributed by atoms with Crippen LogP contribution in [-0.2, 0) is 54.5 Å². The molecule has 2 amide bonds. The number of fused-ring (bicyclic) bond motifs is 3. The number of carbonyl (C=O) groups is 2. The number of aromatic nitrogens is 6. The highest BCUT2D eigenvalue weighted by Crippen LogP contribution is 2.44. The van der Waals surface area contributed by atoms with E-state index in [-0.39, 0.29) is 96.3 Å². The lowest BCUT2D eigenvalue weighted by atomic mass is 9.83. The van der Waals surface area contributed by atoms with Crippen molar-refractivity contribution < 1.29 is 32.6 Å². The Hall–Kier alpha value is -5.55. The van der Waals surface area contributed by atoms with Crippen molar-refractivity contribution in [1.29, 1.82) is 0 Å². The van der Waals surface area contributed by atoms with Gasteiger partial charge >= 0.3 is 6.18 Å². The third-order valence-corrected chi connectivity index (χ3v) is 10.8. The molecule has 0 radical (unpaired) electrons. The molecule has 5 heterocycles. The molecule has 2 aliphatic heterocycles. The fourth-order valence-electron chi connectivity index (χ4n) is 7.64. The molecule has 1 fully saturated rings. The van der Waals surface area contributed by atoms with Gasteiger partial charge in [-0.3, -0.25) is 14.4 Å². The Morgan fingerprint density at radius 2 is 1.82 bits per heavy atom. The van der Waals surface area contributed by atoms with Crippen LogP contribution in [0.3, 0.4) is 0 Å². The molecule has 0 unspecified atom stereocenters. The minimum Gasteiger partial charge on any atom is -0.504 e. The number of hydrogen-bond donors (Lipinski definition) is 2. The van der Waals surface area contributed by atoms with Gasteiger partial charge in [0.25, 0.3) is 11.5 Å². The number of rotatable bonds is 7. The van der Waals surface area contributed by atoms with E-state index >= 15 is 0 Å². The maximum Gasteiger partial charge on any atom is 0.416 e. The van der Waals surface area contributed by atoms with Gasteiger partial charge in [0.1, 0.15) is 18.6 Å². The van der Waals surface area contributed by atoms with Gasteiger partial charge in [0.2, 0.25) is 11.7 Å². The van der Waals surface area contributed by atoms with Crippen LogP contribution in [0.5, 0.6) is 5.75 Å². The second-order valence-corrected chi connectivity index (χ2v) is 14.1. The van der Waals surface area contributed by atoms with Crippen LogP contribution < -0.4 is 15.8 Å². The van der Waals surface area contributed by atoms with Crippen LogP contribution in [0.4, 0.5) is 24.5 Å². The van der Waals surface area contributed by atoms with E-state index in [1.165, 1.54) is 11.2 Å². The van der Waals surface area contributed by atoms with Gasteiger partial charge in [0, 0.05) is 31.7 Å². The lowest BCUT2D eigenvalue weighted by molar-refractivity contribution is -0.138. The van der Waals surface area contributed by atoms with Gasteiger partial charge in [-0.25, -0.2) is 9.97 Å².